The zero-order valence-electron chi connectivity index (χ0n) is 30.6. The fraction of sp³-hybridized carbons (Fsp3) is 0.410. The van der Waals surface area contributed by atoms with Gasteiger partial charge in [0.2, 0.25) is 17.8 Å². The fourth-order valence-corrected chi connectivity index (χ4v) is 8.22. The van der Waals surface area contributed by atoms with Crippen LogP contribution in [0.1, 0.15) is 87.5 Å². The molecule has 2 fully saturated rings. The lowest BCUT2D eigenvalue weighted by molar-refractivity contribution is -0.134. The summed E-state index contributed by atoms with van der Waals surface area (Å²) >= 11 is 6.49. The number of piperidine rings is 2. The summed E-state index contributed by atoms with van der Waals surface area (Å²) < 4.78 is 32.4. The number of hydrogen-bond acceptors (Lipinski definition) is 11. The molecule has 0 aliphatic carbocycles. The van der Waals surface area contributed by atoms with Gasteiger partial charge in [-0.3, -0.25) is 24.8 Å². The van der Waals surface area contributed by atoms with Gasteiger partial charge >= 0.3 is 0 Å². The van der Waals surface area contributed by atoms with Crippen molar-refractivity contribution in [3.05, 3.63) is 88.3 Å². The quantitative estimate of drug-likeness (QED) is 0.126. The van der Waals surface area contributed by atoms with Crippen molar-refractivity contribution in [2.24, 2.45) is 0 Å². The first-order valence-corrected chi connectivity index (χ1v) is 19.9. The van der Waals surface area contributed by atoms with Gasteiger partial charge in [-0.2, -0.15) is 4.98 Å². The van der Waals surface area contributed by atoms with E-state index in [0.29, 0.717) is 35.9 Å². The van der Waals surface area contributed by atoms with Gasteiger partial charge in [-0.05, 0) is 119 Å². The molecule has 0 spiro atoms. The maximum atomic E-state index is 13.0. The molecule has 2 amide bonds. The third-order valence-electron chi connectivity index (χ3n) is 9.68. The lowest BCUT2D eigenvalue weighted by Crippen LogP contribution is -2.39. The highest BCUT2D eigenvalue weighted by molar-refractivity contribution is 7.92. The number of ether oxygens (including phenoxy) is 1. The molecule has 0 saturated carbocycles. The number of nitrogens with one attached hydrogen (secondary N) is 3. The zero-order valence-corrected chi connectivity index (χ0v) is 32.2. The number of sulfone groups is 1. The number of anilines is 4. The van der Waals surface area contributed by atoms with Crippen LogP contribution in [0.4, 0.5) is 23.1 Å². The molecule has 12 nitrogen and oxygen atoms in total. The van der Waals surface area contributed by atoms with Gasteiger partial charge in [-0.15, -0.1) is 0 Å². The fourth-order valence-electron chi connectivity index (χ4n) is 6.88. The molecule has 0 radical (unpaired) electrons. The summed E-state index contributed by atoms with van der Waals surface area (Å²) in [5.41, 5.74) is 5.33. The molecule has 2 aromatic carbocycles. The van der Waals surface area contributed by atoms with E-state index in [1.54, 1.807) is 44.3 Å². The van der Waals surface area contributed by atoms with Crippen molar-refractivity contribution in [2.45, 2.75) is 94.9 Å². The van der Waals surface area contributed by atoms with Gasteiger partial charge in [-0.25, -0.2) is 13.4 Å². The van der Waals surface area contributed by atoms with Gasteiger partial charge in [0.05, 0.1) is 39.7 Å². The number of likely N-dealkylation sites (tertiary alicyclic amines) is 1. The van der Waals surface area contributed by atoms with Gasteiger partial charge in [-0.1, -0.05) is 29.8 Å². The first-order valence-electron chi connectivity index (χ1n) is 18.0. The summed E-state index contributed by atoms with van der Waals surface area (Å²) in [5, 5.41) is 8.50. The Morgan fingerprint density at radius 3 is 2.45 bits per heavy atom. The first-order chi connectivity index (χ1) is 25.3. The summed E-state index contributed by atoms with van der Waals surface area (Å²) in [7, 11) is -3.57. The summed E-state index contributed by atoms with van der Waals surface area (Å²) in [5.74, 6) is 0.734. The van der Waals surface area contributed by atoms with Crippen LogP contribution >= 0.6 is 11.6 Å². The number of carbonyl (C=O) groups is 2. The van der Waals surface area contributed by atoms with E-state index >= 15 is 0 Å². The van der Waals surface area contributed by atoms with Crippen molar-refractivity contribution in [1.29, 1.82) is 0 Å². The van der Waals surface area contributed by atoms with Crippen molar-refractivity contribution in [1.82, 2.24) is 25.2 Å². The molecule has 2 aliphatic rings. The van der Waals surface area contributed by atoms with E-state index in [-0.39, 0.29) is 45.5 Å². The van der Waals surface area contributed by atoms with E-state index in [9.17, 15) is 18.0 Å². The third-order valence-corrected chi connectivity index (χ3v) is 12.2. The smallest absolute Gasteiger partial charge is 0.234 e. The number of imide groups is 1. The number of para-hydroxylation sites is 1. The first kappa shape index (κ1) is 38.1. The summed E-state index contributed by atoms with van der Waals surface area (Å²) in [6.45, 7) is 11.9. The van der Waals surface area contributed by atoms with Crippen LogP contribution in [0, 0.1) is 6.92 Å². The number of rotatable bonds is 12. The van der Waals surface area contributed by atoms with Crippen LogP contribution in [0.15, 0.2) is 66.0 Å². The van der Waals surface area contributed by atoms with Crippen LogP contribution in [-0.4, -0.2) is 64.5 Å². The Bertz CT molecular complexity index is 2100. The number of amides is 2. The number of pyridine rings is 1. The van der Waals surface area contributed by atoms with Gasteiger partial charge in [0.25, 0.3) is 0 Å². The monoisotopic (exact) mass is 759 g/mol. The van der Waals surface area contributed by atoms with Crippen molar-refractivity contribution >= 4 is 56.4 Å². The Balaban J connectivity index is 1.16. The molecule has 4 heterocycles. The van der Waals surface area contributed by atoms with Crippen molar-refractivity contribution in [3.63, 3.8) is 0 Å². The predicted molar refractivity (Wildman–Crippen MR) is 206 cm³/mol. The van der Waals surface area contributed by atoms with E-state index in [0.717, 1.165) is 49.2 Å². The second-order valence-corrected chi connectivity index (χ2v) is 17.2. The minimum absolute atomic E-state index is 0.0831. The lowest BCUT2D eigenvalue weighted by atomic mass is 9.86. The normalized spacial score (nSPS) is 17.2. The molecule has 3 N–H and O–H groups in total. The number of hydrogen-bond donors (Lipinski definition) is 3. The molecule has 6 rings (SSSR count). The number of halogens is 1. The van der Waals surface area contributed by atoms with Crippen LogP contribution < -0.4 is 20.7 Å². The zero-order chi connectivity index (χ0) is 37.9. The Hall–Kier alpha value is -4.59. The van der Waals surface area contributed by atoms with Crippen LogP contribution in [0.3, 0.4) is 0 Å². The molecular formula is C39H46ClN7O5S. The topological polar surface area (TPSA) is 156 Å². The van der Waals surface area contributed by atoms with Gasteiger partial charge < -0.3 is 15.4 Å². The third kappa shape index (κ3) is 8.97. The molecule has 4 aromatic rings. The Labute approximate surface area is 316 Å². The van der Waals surface area contributed by atoms with E-state index in [1.165, 1.54) is 11.8 Å². The minimum Gasteiger partial charge on any atom is -0.489 e. The summed E-state index contributed by atoms with van der Waals surface area (Å²) in [6.07, 6.45) is 7.75. The molecule has 1 unspecified atom stereocenters. The SMILES string of the molecule is Cc1cc(Nc2ncc(Cl)c(Nc3ccccc3S(=O)(=O)C(C)C)n2)c(OC(C)C)cc1C1CCN(Cc2cncc(C3CCC(=O)NC3=O)c2)CC1. The Kier molecular flexibility index (Phi) is 11.7. The summed E-state index contributed by atoms with van der Waals surface area (Å²) in [4.78, 5) is 40.1. The molecule has 2 saturated heterocycles. The standard InChI is InChI=1S/C39H46ClN7O5S/c1-23(2)52-34-18-30(27-12-14-47(15-13-27)22-26-17-28(20-41-19-26)29-10-11-36(48)45-38(29)49)25(5)16-33(34)44-39-42-21-31(40)37(46-39)43-32-8-6-7-9-35(32)53(50,51)24(3)4/h6-9,16-21,23-24,27,29H,10-15,22H2,1-5H3,(H,45,48,49)(H2,42,43,44,46). The second-order valence-electron chi connectivity index (χ2n) is 14.3. The van der Waals surface area contributed by atoms with E-state index in [4.69, 9.17) is 16.3 Å². The van der Waals surface area contributed by atoms with E-state index in [1.807, 2.05) is 26.1 Å². The van der Waals surface area contributed by atoms with Gasteiger partial charge in [0.15, 0.2) is 15.7 Å². The number of nitrogens with zero attached hydrogens (tertiary/aromatic N) is 4. The molecule has 2 aliphatic heterocycles. The van der Waals surface area contributed by atoms with Crippen LogP contribution in [0.25, 0.3) is 0 Å². The van der Waals surface area contributed by atoms with Crippen molar-refractivity contribution in [3.8, 4) is 5.75 Å². The average molecular weight is 760 g/mol. The molecular weight excluding hydrogens is 714 g/mol. The lowest BCUT2D eigenvalue weighted by Gasteiger charge is -2.33. The molecule has 14 heteroatoms. The second kappa shape index (κ2) is 16.2. The number of benzene rings is 2. The maximum Gasteiger partial charge on any atom is 0.234 e. The highest BCUT2D eigenvalue weighted by atomic mass is 35.5. The summed E-state index contributed by atoms with van der Waals surface area (Å²) in [6, 6.07) is 12.9. The van der Waals surface area contributed by atoms with Crippen molar-refractivity contribution < 1.29 is 22.7 Å². The molecule has 1 atom stereocenters. The molecule has 280 valence electrons. The van der Waals surface area contributed by atoms with Crippen LogP contribution in [0.5, 0.6) is 5.75 Å². The largest absolute Gasteiger partial charge is 0.489 e. The van der Waals surface area contributed by atoms with E-state index in [2.05, 4.69) is 54.9 Å². The maximum absolute atomic E-state index is 13.0. The Morgan fingerprint density at radius 2 is 1.74 bits per heavy atom. The number of carbonyl (C=O) groups excluding carboxylic acids is 2. The molecule has 2 aromatic heterocycles. The predicted octanol–water partition coefficient (Wildman–Crippen LogP) is 7.19. The molecule has 0 bridgehead atoms. The number of aromatic nitrogens is 3. The number of aryl methyl sites for hydroxylation is 1. The highest BCUT2D eigenvalue weighted by Gasteiger charge is 2.29. The van der Waals surface area contributed by atoms with Gasteiger partial charge in [0, 0.05) is 25.4 Å². The van der Waals surface area contributed by atoms with Crippen LogP contribution in [0.2, 0.25) is 5.02 Å². The van der Waals surface area contributed by atoms with E-state index < -0.39 is 15.1 Å². The minimum atomic E-state index is -3.57. The average Bonchev–Trinajstić information content (AvgIpc) is 3.11. The Morgan fingerprint density at radius 1 is 0.981 bits per heavy atom. The molecule has 53 heavy (non-hydrogen) atoms. The highest BCUT2D eigenvalue weighted by Crippen LogP contribution is 2.39. The van der Waals surface area contributed by atoms with Crippen molar-refractivity contribution in [2.75, 3.05) is 23.7 Å². The van der Waals surface area contributed by atoms with Crippen LogP contribution in [-0.2, 0) is 26.0 Å². The van der Waals surface area contributed by atoms with Gasteiger partial charge in [0.1, 0.15) is 10.8 Å².